The first-order chi connectivity index (χ1) is 7.67. The lowest BCUT2D eigenvalue weighted by Crippen LogP contribution is -2.26. The molecule has 0 saturated carbocycles. The Morgan fingerprint density at radius 2 is 2.19 bits per heavy atom. The van der Waals surface area contributed by atoms with Crippen LogP contribution in [0.2, 0.25) is 5.02 Å². The maximum atomic E-state index is 5.88. The van der Waals surface area contributed by atoms with Gasteiger partial charge in [0.2, 0.25) is 0 Å². The Morgan fingerprint density at radius 3 is 2.81 bits per heavy atom. The van der Waals surface area contributed by atoms with Crippen LogP contribution in [0, 0.1) is 0 Å². The molecule has 1 atom stereocenters. The SMILES string of the molecule is COCC(CNc1cc(Cl)ccc1N)OC. The molecule has 1 aromatic rings. The van der Waals surface area contributed by atoms with E-state index in [1.165, 1.54) is 0 Å². The van der Waals surface area contributed by atoms with Crippen molar-refractivity contribution < 1.29 is 9.47 Å². The molecule has 0 spiro atoms. The summed E-state index contributed by atoms with van der Waals surface area (Å²) < 4.78 is 10.2. The van der Waals surface area contributed by atoms with Crippen LogP contribution in [-0.4, -0.2) is 33.5 Å². The van der Waals surface area contributed by atoms with Crippen LogP contribution in [0.3, 0.4) is 0 Å². The van der Waals surface area contributed by atoms with Crippen molar-refractivity contribution in [2.75, 3.05) is 38.4 Å². The first kappa shape index (κ1) is 13.1. The van der Waals surface area contributed by atoms with Crippen molar-refractivity contribution >= 4 is 23.0 Å². The van der Waals surface area contributed by atoms with Crippen molar-refractivity contribution in [1.82, 2.24) is 0 Å². The van der Waals surface area contributed by atoms with Crippen molar-refractivity contribution in [3.05, 3.63) is 23.2 Å². The zero-order valence-electron chi connectivity index (χ0n) is 9.50. The topological polar surface area (TPSA) is 56.5 Å². The van der Waals surface area contributed by atoms with E-state index in [-0.39, 0.29) is 6.10 Å². The highest BCUT2D eigenvalue weighted by atomic mass is 35.5. The molecule has 1 rings (SSSR count). The van der Waals surface area contributed by atoms with Crippen molar-refractivity contribution in [3.63, 3.8) is 0 Å². The molecule has 0 saturated heterocycles. The van der Waals surface area contributed by atoms with E-state index in [1.807, 2.05) is 0 Å². The maximum absolute atomic E-state index is 5.88. The Labute approximate surface area is 101 Å². The van der Waals surface area contributed by atoms with Crippen LogP contribution in [0.25, 0.3) is 0 Å². The molecule has 1 aromatic carbocycles. The van der Waals surface area contributed by atoms with Gasteiger partial charge in [-0.1, -0.05) is 11.6 Å². The highest BCUT2D eigenvalue weighted by Crippen LogP contribution is 2.22. The summed E-state index contributed by atoms with van der Waals surface area (Å²) in [6.07, 6.45) is -0.0108. The largest absolute Gasteiger partial charge is 0.397 e. The molecule has 5 heteroatoms. The van der Waals surface area contributed by atoms with Crippen LogP contribution in [0.5, 0.6) is 0 Å². The molecular weight excluding hydrogens is 228 g/mol. The number of nitrogens with one attached hydrogen (secondary N) is 1. The molecule has 0 aromatic heterocycles. The average Bonchev–Trinajstić information content (AvgIpc) is 2.28. The third kappa shape index (κ3) is 3.89. The van der Waals surface area contributed by atoms with Gasteiger partial charge in [0.15, 0.2) is 0 Å². The summed E-state index contributed by atoms with van der Waals surface area (Å²) >= 11 is 5.88. The number of halogens is 1. The molecule has 0 aliphatic carbocycles. The van der Waals surface area contributed by atoms with Gasteiger partial charge < -0.3 is 20.5 Å². The molecular formula is C11H17ClN2O2. The second-order valence-electron chi connectivity index (χ2n) is 3.43. The summed E-state index contributed by atoms with van der Waals surface area (Å²) in [6, 6.07) is 5.31. The predicted octanol–water partition coefficient (Wildman–Crippen LogP) is 2.00. The lowest BCUT2D eigenvalue weighted by atomic mass is 10.2. The average molecular weight is 245 g/mol. The van der Waals surface area contributed by atoms with E-state index in [4.69, 9.17) is 26.8 Å². The lowest BCUT2D eigenvalue weighted by Gasteiger charge is -2.16. The normalized spacial score (nSPS) is 12.4. The van der Waals surface area contributed by atoms with Crippen LogP contribution in [0.15, 0.2) is 18.2 Å². The van der Waals surface area contributed by atoms with E-state index in [9.17, 15) is 0 Å². The zero-order valence-corrected chi connectivity index (χ0v) is 10.3. The fourth-order valence-electron chi connectivity index (χ4n) is 1.30. The molecule has 3 N–H and O–H groups in total. The van der Waals surface area contributed by atoms with Crippen LogP contribution in [-0.2, 0) is 9.47 Å². The molecule has 0 aliphatic rings. The number of nitrogen functional groups attached to an aromatic ring is 1. The van der Waals surface area contributed by atoms with Gasteiger partial charge in [-0.2, -0.15) is 0 Å². The van der Waals surface area contributed by atoms with Gasteiger partial charge in [-0.15, -0.1) is 0 Å². The van der Waals surface area contributed by atoms with E-state index >= 15 is 0 Å². The summed E-state index contributed by atoms with van der Waals surface area (Å²) in [6.45, 7) is 1.15. The Morgan fingerprint density at radius 1 is 1.44 bits per heavy atom. The molecule has 16 heavy (non-hydrogen) atoms. The van der Waals surface area contributed by atoms with Gasteiger partial charge in [0.25, 0.3) is 0 Å². The van der Waals surface area contributed by atoms with E-state index in [0.29, 0.717) is 23.9 Å². The zero-order chi connectivity index (χ0) is 12.0. The molecule has 0 aliphatic heterocycles. The first-order valence-corrected chi connectivity index (χ1v) is 5.35. The van der Waals surface area contributed by atoms with Gasteiger partial charge >= 0.3 is 0 Å². The fourth-order valence-corrected chi connectivity index (χ4v) is 1.47. The van der Waals surface area contributed by atoms with E-state index in [0.717, 1.165) is 5.69 Å². The van der Waals surface area contributed by atoms with Crippen LogP contribution in [0.1, 0.15) is 0 Å². The smallest absolute Gasteiger partial charge is 0.0976 e. The Bertz CT molecular complexity index is 334. The predicted molar refractivity (Wildman–Crippen MR) is 67.0 cm³/mol. The minimum Gasteiger partial charge on any atom is -0.397 e. The molecule has 0 radical (unpaired) electrons. The third-order valence-corrected chi connectivity index (χ3v) is 2.46. The monoisotopic (exact) mass is 244 g/mol. The number of hydrogen-bond acceptors (Lipinski definition) is 4. The quantitative estimate of drug-likeness (QED) is 0.752. The second kappa shape index (κ2) is 6.58. The summed E-state index contributed by atoms with van der Waals surface area (Å²) in [4.78, 5) is 0. The summed E-state index contributed by atoms with van der Waals surface area (Å²) in [7, 11) is 3.28. The summed E-state index contributed by atoms with van der Waals surface area (Å²) in [5.74, 6) is 0. The molecule has 0 heterocycles. The number of ether oxygens (including phenoxy) is 2. The highest BCUT2D eigenvalue weighted by molar-refractivity contribution is 6.31. The third-order valence-electron chi connectivity index (χ3n) is 2.22. The van der Waals surface area contributed by atoms with E-state index in [2.05, 4.69) is 5.32 Å². The van der Waals surface area contributed by atoms with E-state index in [1.54, 1.807) is 32.4 Å². The number of hydrogen-bond donors (Lipinski definition) is 2. The van der Waals surface area contributed by atoms with Gasteiger partial charge in [-0.05, 0) is 18.2 Å². The Balaban J connectivity index is 2.55. The molecule has 0 bridgehead atoms. The number of rotatable bonds is 6. The van der Waals surface area contributed by atoms with Gasteiger partial charge in [-0.3, -0.25) is 0 Å². The summed E-state index contributed by atoms with van der Waals surface area (Å²) in [5, 5.41) is 3.83. The minimum atomic E-state index is -0.0108. The van der Waals surface area contributed by atoms with E-state index < -0.39 is 0 Å². The lowest BCUT2D eigenvalue weighted by molar-refractivity contribution is 0.0366. The van der Waals surface area contributed by atoms with Crippen LogP contribution >= 0.6 is 11.6 Å². The second-order valence-corrected chi connectivity index (χ2v) is 3.86. The first-order valence-electron chi connectivity index (χ1n) is 4.98. The number of benzene rings is 1. The molecule has 0 amide bonds. The van der Waals surface area contributed by atoms with Crippen LogP contribution < -0.4 is 11.1 Å². The number of nitrogens with two attached hydrogens (primary N) is 1. The highest BCUT2D eigenvalue weighted by Gasteiger charge is 2.07. The molecule has 0 fully saturated rings. The van der Waals surface area contributed by atoms with Gasteiger partial charge in [0.1, 0.15) is 0 Å². The number of methoxy groups -OCH3 is 2. The van der Waals surface area contributed by atoms with Crippen molar-refractivity contribution in [3.8, 4) is 0 Å². The molecule has 90 valence electrons. The molecule has 1 unspecified atom stereocenters. The van der Waals surface area contributed by atoms with Gasteiger partial charge in [0, 0.05) is 25.8 Å². The Hall–Kier alpha value is -0.970. The molecule has 4 nitrogen and oxygen atoms in total. The minimum absolute atomic E-state index is 0.0108. The van der Waals surface area contributed by atoms with Gasteiger partial charge in [0.05, 0.1) is 24.1 Å². The maximum Gasteiger partial charge on any atom is 0.0976 e. The summed E-state index contributed by atoms with van der Waals surface area (Å²) in [5.41, 5.74) is 7.27. The Kier molecular flexibility index (Phi) is 5.38. The van der Waals surface area contributed by atoms with Crippen LogP contribution in [0.4, 0.5) is 11.4 Å². The number of anilines is 2. The van der Waals surface area contributed by atoms with Gasteiger partial charge in [-0.25, -0.2) is 0 Å². The van der Waals surface area contributed by atoms with Crippen molar-refractivity contribution in [1.29, 1.82) is 0 Å². The van der Waals surface area contributed by atoms with Crippen molar-refractivity contribution in [2.24, 2.45) is 0 Å². The van der Waals surface area contributed by atoms with Crippen molar-refractivity contribution in [2.45, 2.75) is 6.10 Å². The fraction of sp³-hybridized carbons (Fsp3) is 0.455. The standard InChI is InChI=1S/C11H17ClN2O2/c1-15-7-9(16-2)6-14-11-5-8(12)3-4-10(11)13/h3-5,9,14H,6-7,13H2,1-2H3.